The monoisotopic (exact) mass is 380 g/mol. The van der Waals surface area contributed by atoms with Gasteiger partial charge in [-0.15, -0.1) is 0 Å². The first-order valence-electron chi connectivity index (χ1n) is 8.62. The Morgan fingerprint density at radius 2 is 1.75 bits per heavy atom. The van der Waals surface area contributed by atoms with Crippen molar-refractivity contribution >= 4 is 11.9 Å². The van der Waals surface area contributed by atoms with Crippen molar-refractivity contribution in [3.05, 3.63) is 59.2 Å². The van der Waals surface area contributed by atoms with Gasteiger partial charge in [-0.05, 0) is 30.2 Å². The third-order valence-electron chi connectivity index (χ3n) is 4.97. The van der Waals surface area contributed by atoms with Crippen molar-refractivity contribution in [2.75, 3.05) is 21.3 Å². The van der Waals surface area contributed by atoms with Gasteiger partial charge < -0.3 is 19.3 Å². The van der Waals surface area contributed by atoms with Crippen LogP contribution in [0, 0.1) is 17.3 Å². The number of methoxy groups -OCH3 is 3. The Hall–Kier alpha value is -3.46. The quantitative estimate of drug-likeness (QED) is 0.488. The SMILES string of the molecule is COC(=O)[C@@]1(C(=O)O)C[C@H]1c1ccccc1C#Cc1ccc(OC)cc1OC. The van der Waals surface area contributed by atoms with Gasteiger partial charge in [0.2, 0.25) is 0 Å². The van der Waals surface area contributed by atoms with E-state index >= 15 is 0 Å². The molecule has 1 saturated carbocycles. The highest BCUT2D eigenvalue weighted by molar-refractivity contribution is 6.04. The molecule has 6 nitrogen and oxygen atoms in total. The molecule has 2 aromatic rings. The molecule has 1 aliphatic carbocycles. The Balaban J connectivity index is 1.97. The molecular weight excluding hydrogens is 360 g/mol. The van der Waals surface area contributed by atoms with Crippen LogP contribution in [0.3, 0.4) is 0 Å². The average Bonchev–Trinajstić information content (AvgIpc) is 3.48. The molecule has 0 heterocycles. The predicted molar refractivity (Wildman–Crippen MR) is 101 cm³/mol. The number of hydrogen-bond donors (Lipinski definition) is 1. The number of rotatable bonds is 5. The lowest BCUT2D eigenvalue weighted by molar-refractivity contribution is -0.159. The first kappa shape index (κ1) is 19.3. The molecule has 0 radical (unpaired) electrons. The Bertz CT molecular complexity index is 984. The summed E-state index contributed by atoms with van der Waals surface area (Å²) in [7, 11) is 4.32. The summed E-state index contributed by atoms with van der Waals surface area (Å²) in [5.74, 6) is 4.99. The van der Waals surface area contributed by atoms with Gasteiger partial charge in [-0.25, -0.2) is 0 Å². The first-order valence-corrected chi connectivity index (χ1v) is 8.62. The van der Waals surface area contributed by atoms with Gasteiger partial charge in [0.1, 0.15) is 11.5 Å². The fraction of sp³-hybridized carbons (Fsp3) is 0.273. The maximum Gasteiger partial charge on any atom is 0.323 e. The van der Waals surface area contributed by atoms with Crippen molar-refractivity contribution in [1.82, 2.24) is 0 Å². The maximum absolute atomic E-state index is 12.1. The van der Waals surface area contributed by atoms with Crippen molar-refractivity contribution in [2.45, 2.75) is 12.3 Å². The molecule has 0 saturated heterocycles. The smallest absolute Gasteiger partial charge is 0.323 e. The van der Waals surface area contributed by atoms with Crippen LogP contribution in [0.2, 0.25) is 0 Å². The highest BCUT2D eigenvalue weighted by Crippen LogP contribution is 2.60. The Morgan fingerprint density at radius 1 is 1.04 bits per heavy atom. The molecule has 1 N–H and O–H groups in total. The molecule has 144 valence electrons. The Labute approximate surface area is 163 Å². The van der Waals surface area contributed by atoms with Gasteiger partial charge in [0.15, 0.2) is 5.41 Å². The van der Waals surface area contributed by atoms with E-state index in [4.69, 9.17) is 14.2 Å². The van der Waals surface area contributed by atoms with Gasteiger partial charge in [0.25, 0.3) is 0 Å². The van der Waals surface area contributed by atoms with E-state index in [1.54, 1.807) is 50.6 Å². The van der Waals surface area contributed by atoms with Gasteiger partial charge in [0.05, 0.1) is 26.9 Å². The van der Waals surface area contributed by atoms with Crippen molar-refractivity contribution in [2.24, 2.45) is 5.41 Å². The van der Waals surface area contributed by atoms with E-state index < -0.39 is 23.3 Å². The Kier molecular flexibility index (Phi) is 5.27. The van der Waals surface area contributed by atoms with Crippen LogP contribution >= 0.6 is 0 Å². The van der Waals surface area contributed by atoms with Crippen molar-refractivity contribution in [3.63, 3.8) is 0 Å². The van der Waals surface area contributed by atoms with E-state index in [0.717, 1.165) is 5.56 Å². The molecule has 1 aliphatic rings. The van der Waals surface area contributed by atoms with Crippen LogP contribution in [0.5, 0.6) is 11.5 Å². The number of benzene rings is 2. The number of carbonyl (C=O) groups excluding carboxylic acids is 1. The minimum absolute atomic E-state index is 0.194. The zero-order valence-electron chi connectivity index (χ0n) is 15.8. The first-order chi connectivity index (χ1) is 13.5. The highest BCUT2D eigenvalue weighted by atomic mass is 16.5. The summed E-state index contributed by atoms with van der Waals surface area (Å²) in [6, 6.07) is 12.5. The van der Waals surface area contributed by atoms with E-state index in [2.05, 4.69) is 11.8 Å². The third-order valence-corrected chi connectivity index (χ3v) is 4.97. The normalized spacial score (nSPS) is 19.8. The Morgan fingerprint density at radius 3 is 2.39 bits per heavy atom. The molecule has 6 heteroatoms. The largest absolute Gasteiger partial charge is 0.497 e. The van der Waals surface area contributed by atoms with Crippen LogP contribution in [-0.4, -0.2) is 38.4 Å². The number of ether oxygens (including phenoxy) is 3. The van der Waals surface area contributed by atoms with Crippen molar-refractivity contribution < 1.29 is 28.9 Å². The van der Waals surface area contributed by atoms with Crippen LogP contribution in [0.1, 0.15) is 29.0 Å². The van der Waals surface area contributed by atoms with Gasteiger partial charge in [-0.2, -0.15) is 0 Å². The molecule has 0 aromatic heterocycles. The van der Waals surface area contributed by atoms with Crippen molar-refractivity contribution in [3.8, 4) is 23.3 Å². The summed E-state index contributed by atoms with van der Waals surface area (Å²) < 4.78 is 15.3. The molecule has 0 amide bonds. The van der Waals surface area contributed by atoms with Crippen LogP contribution in [0.25, 0.3) is 0 Å². The van der Waals surface area contributed by atoms with Crippen LogP contribution < -0.4 is 9.47 Å². The maximum atomic E-state index is 12.1. The molecule has 2 aromatic carbocycles. The number of esters is 1. The number of hydrogen-bond acceptors (Lipinski definition) is 5. The summed E-state index contributed by atoms with van der Waals surface area (Å²) in [6.07, 6.45) is 0.194. The zero-order valence-corrected chi connectivity index (χ0v) is 15.8. The minimum Gasteiger partial charge on any atom is -0.497 e. The van der Waals surface area contributed by atoms with E-state index in [-0.39, 0.29) is 6.42 Å². The molecule has 0 bridgehead atoms. The molecule has 28 heavy (non-hydrogen) atoms. The highest BCUT2D eigenvalue weighted by Gasteiger charge is 2.68. The number of carbonyl (C=O) groups is 2. The van der Waals surface area contributed by atoms with Gasteiger partial charge in [0, 0.05) is 17.5 Å². The lowest BCUT2D eigenvalue weighted by Crippen LogP contribution is -2.28. The summed E-state index contributed by atoms with van der Waals surface area (Å²) in [6.45, 7) is 0. The molecular formula is C22H20O6. The summed E-state index contributed by atoms with van der Waals surface area (Å²) in [4.78, 5) is 23.8. The van der Waals surface area contributed by atoms with E-state index in [1.807, 2.05) is 6.07 Å². The fourth-order valence-electron chi connectivity index (χ4n) is 3.32. The molecule has 0 aliphatic heterocycles. The number of aliphatic carboxylic acids is 1. The van der Waals surface area contributed by atoms with Gasteiger partial charge in [-0.3, -0.25) is 9.59 Å². The molecule has 0 spiro atoms. The standard InChI is InChI=1S/C22H20O6/c1-26-16-11-10-15(19(12-16)27-2)9-8-14-6-4-5-7-17(14)18-13-22(18,20(23)24)21(25)28-3/h4-7,10-12,18H,13H2,1-3H3,(H,23,24)/t18-,22-/m0/s1. The van der Waals surface area contributed by atoms with Gasteiger partial charge >= 0.3 is 11.9 Å². The summed E-state index contributed by atoms with van der Waals surface area (Å²) in [5.41, 5.74) is 0.517. The third kappa shape index (κ3) is 3.27. The van der Waals surface area contributed by atoms with Crippen LogP contribution in [0.4, 0.5) is 0 Å². The number of carboxylic acids is 1. The lowest BCUT2D eigenvalue weighted by Gasteiger charge is -2.11. The fourth-order valence-corrected chi connectivity index (χ4v) is 3.32. The van der Waals surface area contributed by atoms with Crippen LogP contribution in [-0.2, 0) is 14.3 Å². The second kappa shape index (κ2) is 7.65. The van der Waals surface area contributed by atoms with Crippen LogP contribution in [0.15, 0.2) is 42.5 Å². The molecule has 2 atom stereocenters. The molecule has 1 fully saturated rings. The van der Waals surface area contributed by atoms with E-state index in [1.165, 1.54) is 7.11 Å². The minimum atomic E-state index is -1.54. The number of carboxylic acid groups (broad SMARTS) is 1. The lowest BCUT2D eigenvalue weighted by atomic mass is 9.95. The second-order valence-electron chi connectivity index (χ2n) is 6.43. The van der Waals surface area contributed by atoms with Gasteiger partial charge in [-0.1, -0.05) is 30.0 Å². The van der Waals surface area contributed by atoms with E-state index in [9.17, 15) is 14.7 Å². The second-order valence-corrected chi connectivity index (χ2v) is 6.43. The summed E-state index contributed by atoms with van der Waals surface area (Å²) >= 11 is 0. The zero-order chi connectivity index (χ0) is 20.3. The van der Waals surface area contributed by atoms with E-state index in [0.29, 0.717) is 22.6 Å². The topological polar surface area (TPSA) is 82.1 Å². The predicted octanol–water partition coefficient (Wildman–Crippen LogP) is 2.83. The summed E-state index contributed by atoms with van der Waals surface area (Å²) in [5, 5.41) is 9.59. The average molecular weight is 380 g/mol. The molecule has 3 rings (SSSR count). The van der Waals surface area contributed by atoms with Crippen molar-refractivity contribution in [1.29, 1.82) is 0 Å². The molecule has 0 unspecified atom stereocenters.